The molecule has 0 aliphatic carbocycles. The Morgan fingerprint density at radius 3 is 2.48 bits per heavy atom. The summed E-state index contributed by atoms with van der Waals surface area (Å²) in [5.74, 6) is 1.38. The first-order valence-corrected chi connectivity index (χ1v) is 10.0. The van der Waals surface area contributed by atoms with Gasteiger partial charge in [0.15, 0.2) is 5.76 Å². The number of likely N-dealkylation sites (tertiary alicyclic amines) is 1. The summed E-state index contributed by atoms with van der Waals surface area (Å²) in [6, 6.07) is 16.7. The minimum absolute atomic E-state index is 0.179. The lowest BCUT2D eigenvalue weighted by atomic mass is 10.0. The van der Waals surface area contributed by atoms with E-state index in [2.05, 4.69) is 10.6 Å². The Labute approximate surface area is 168 Å². The van der Waals surface area contributed by atoms with Gasteiger partial charge < -0.3 is 20.0 Å². The first kappa shape index (κ1) is 17.9. The van der Waals surface area contributed by atoms with Gasteiger partial charge in [-0.1, -0.05) is 30.3 Å². The van der Waals surface area contributed by atoms with Gasteiger partial charge in [-0.05, 0) is 41.7 Å². The van der Waals surface area contributed by atoms with E-state index in [1.54, 1.807) is 6.07 Å². The molecule has 0 spiro atoms. The van der Waals surface area contributed by atoms with Crippen molar-refractivity contribution in [2.24, 2.45) is 11.8 Å². The molecule has 3 heterocycles. The molecule has 5 rings (SSSR count). The first-order chi connectivity index (χ1) is 14.2. The second-order valence-electron chi connectivity index (χ2n) is 7.95. The van der Waals surface area contributed by atoms with E-state index in [4.69, 9.17) is 4.42 Å². The number of carbonyl (C=O) groups is 2. The number of amides is 2. The van der Waals surface area contributed by atoms with Crippen molar-refractivity contribution in [1.29, 1.82) is 0 Å². The molecule has 3 aromatic rings. The molecule has 6 nitrogen and oxygen atoms in total. The van der Waals surface area contributed by atoms with Gasteiger partial charge in [-0.2, -0.15) is 0 Å². The van der Waals surface area contributed by atoms with Gasteiger partial charge in [0.05, 0.1) is 6.42 Å². The Bertz CT molecular complexity index is 1010. The molecule has 2 N–H and O–H groups in total. The fraction of sp³-hybridized carbons (Fsp3) is 0.304. The molecule has 2 aromatic carbocycles. The lowest BCUT2D eigenvalue weighted by Crippen LogP contribution is -2.32. The number of rotatable bonds is 4. The topological polar surface area (TPSA) is 74.6 Å². The molecule has 148 valence electrons. The number of hydrogen-bond donors (Lipinski definition) is 2. The fourth-order valence-corrected chi connectivity index (χ4v) is 4.34. The van der Waals surface area contributed by atoms with E-state index in [1.807, 2.05) is 53.4 Å². The van der Waals surface area contributed by atoms with Gasteiger partial charge >= 0.3 is 0 Å². The van der Waals surface area contributed by atoms with Gasteiger partial charge in [0.1, 0.15) is 5.58 Å². The van der Waals surface area contributed by atoms with Crippen molar-refractivity contribution in [3.8, 4) is 0 Å². The number of furan rings is 1. The summed E-state index contributed by atoms with van der Waals surface area (Å²) in [4.78, 5) is 27.0. The highest BCUT2D eigenvalue weighted by atomic mass is 16.3. The Morgan fingerprint density at radius 2 is 1.76 bits per heavy atom. The second-order valence-corrected chi connectivity index (χ2v) is 7.95. The SMILES string of the molecule is O=C(Nc1ccc(CC(=O)N2C[C@H]3CNC[C@H]3C2)cc1)c1cc2ccccc2o1. The Morgan fingerprint density at radius 1 is 1.03 bits per heavy atom. The molecule has 0 saturated carbocycles. The average molecular weight is 389 g/mol. The molecular weight excluding hydrogens is 366 g/mol. The number of nitrogens with zero attached hydrogens (tertiary/aromatic N) is 1. The minimum atomic E-state index is -0.290. The van der Waals surface area contributed by atoms with Crippen molar-refractivity contribution in [3.05, 3.63) is 65.9 Å². The van der Waals surface area contributed by atoms with Gasteiger partial charge in [-0.3, -0.25) is 9.59 Å². The molecule has 2 atom stereocenters. The Hall–Kier alpha value is -3.12. The summed E-state index contributed by atoms with van der Waals surface area (Å²) in [7, 11) is 0. The molecule has 2 saturated heterocycles. The van der Waals surface area contributed by atoms with Gasteiger partial charge in [0.25, 0.3) is 5.91 Å². The normalized spacial score (nSPS) is 20.8. The molecule has 1 aromatic heterocycles. The van der Waals surface area contributed by atoms with Crippen molar-refractivity contribution in [3.63, 3.8) is 0 Å². The van der Waals surface area contributed by atoms with Crippen LogP contribution in [0.2, 0.25) is 0 Å². The molecule has 2 fully saturated rings. The van der Waals surface area contributed by atoms with Crippen molar-refractivity contribution < 1.29 is 14.0 Å². The lowest BCUT2D eigenvalue weighted by Gasteiger charge is -2.17. The highest BCUT2D eigenvalue weighted by molar-refractivity contribution is 6.04. The maximum absolute atomic E-state index is 12.6. The standard InChI is InChI=1S/C23H23N3O3/c27-22(26-13-17-11-24-12-18(17)14-26)9-15-5-7-19(8-6-15)25-23(28)21-10-16-3-1-2-4-20(16)29-21/h1-8,10,17-18,24H,9,11-14H2,(H,25,28)/t17-,18+. The van der Waals surface area contributed by atoms with Crippen LogP contribution in [0.5, 0.6) is 0 Å². The third-order valence-electron chi connectivity index (χ3n) is 5.96. The summed E-state index contributed by atoms with van der Waals surface area (Å²) in [6.07, 6.45) is 0.394. The summed E-state index contributed by atoms with van der Waals surface area (Å²) in [5, 5.41) is 7.14. The van der Waals surface area contributed by atoms with Crippen LogP contribution in [0.4, 0.5) is 5.69 Å². The van der Waals surface area contributed by atoms with Gasteiger partial charge in [0, 0.05) is 37.3 Å². The number of fused-ring (bicyclic) bond motifs is 2. The van der Waals surface area contributed by atoms with Crippen molar-refractivity contribution >= 4 is 28.5 Å². The maximum atomic E-state index is 12.6. The maximum Gasteiger partial charge on any atom is 0.291 e. The summed E-state index contributed by atoms with van der Waals surface area (Å²) in [5.41, 5.74) is 2.31. The molecular formula is C23H23N3O3. The third-order valence-corrected chi connectivity index (χ3v) is 5.96. The number of nitrogens with one attached hydrogen (secondary N) is 2. The average Bonchev–Trinajstić information content (AvgIpc) is 3.43. The van der Waals surface area contributed by atoms with Gasteiger partial charge in [0.2, 0.25) is 5.91 Å². The summed E-state index contributed by atoms with van der Waals surface area (Å²) in [6.45, 7) is 3.77. The predicted octanol–water partition coefficient (Wildman–Crippen LogP) is 2.91. The first-order valence-electron chi connectivity index (χ1n) is 10.0. The van der Waals surface area contributed by atoms with Crippen LogP contribution in [0, 0.1) is 11.8 Å². The number of carbonyl (C=O) groups excluding carboxylic acids is 2. The number of benzene rings is 2. The van der Waals surface area contributed by atoms with E-state index in [0.29, 0.717) is 29.5 Å². The van der Waals surface area contributed by atoms with Gasteiger partial charge in [-0.25, -0.2) is 0 Å². The smallest absolute Gasteiger partial charge is 0.291 e. The van der Waals surface area contributed by atoms with Crippen molar-refractivity contribution in [2.75, 3.05) is 31.5 Å². The Balaban J connectivity index is 1.20. The molecule has 0 radical (unpaired) electrons. The molecule has 0 unspecified atom stereocenters. The van der Waals surface area contributed by atoms with Crippen LogP contribution in [0.15, 0.2) is 59.0 Å². The van der Waals surface area contributed by atoms with Crippen LogP contribution in [0.1, 0.15) is 16.1 Å². The zero-order chi connectivity index (χ0) is 19.8. The Kier molecular flexibility index (Phi) is 4.56. The largest absolute Gasteiger partial charge is 0.451 e. The van der Waals surface area contributed by atoms with Crippen LogP contribution in [0.25, 0.3) is 11.0 Å². The van der Waals surface area contributed by atoms with Crippen LogP contribution >= 0.6 is 0 Å². The number of anilines is 1. The molecule has 0 bridgehead atoms. The van der Waals surface area contributed by atoms with E-state index in [-0.39, 0.29) is 17.6 Å². The molecule has 29 heavy (non-hydrogen) atoms. The van der Waals surface area contributed by atoms with Crippen molar-refractivity contribution in [2.45, 2.75) is 6.42 Å². The van der Waals surface area contributed by atoms with Crippen molar-refractivity contribution in [1.82, 2.24) is 10.2 Å². The second kappa shape index (κ2) is 7.37. The van der Waals surface area contributed by atoms with E-state index >= 15 is 0 Å². The van der Waals surface area contributed by atoms with E-state index in [9.17, 15) is 9.59 Å². The number of para-hydroxylation sites is 1. The highest BCUT2D eigenvalue weighted by Gasteiger charge is 2.37. The lowest BCUT2D eigenvalue weighted by molar-refractivity contribution is -0.129. The fourth-order valence-electron chi connectivity index (χ4n) is 4.34. The molecule has 2 aliphatic heterocycles. The zero-order valence-electron chi connectivity index (χ0n) is 16.1. The van der Waals surface area contributed by atoms with E-state index in [0.717, 1.165) is 37.1 Å². The zero-order valence-corrected chi connectivity index (χ0v) is 16.1. The third kappa shape index (κ3) is 3.63. The molecule has 2 amide bonds. The van der Waals surface area contributed by atoms with E-state index < -0.39 is 0 Å². The quantitative estimate of drug-likeness (QED) is 0.720. The number of hydrogen-bond acceptors (Lipinski definition) is 4. The van der Waals surface area contributed by atoms with Crippen LogP contribution < -0.4 is 10.6 Å². The molecule has 2 aliphatic rings. The van der Waals surface area contributed by atoms with Crippen LogP contribution in [0.3, 0.4) is 0 Å². The van der Waals surface area contributed by atoms with Gasteiger partial charge in [-0.15, -0.1) is 0 Å². The molecule has 6 heteroatoms. The summed E-state index contributed by atoms with van der Waals surface area (Å²) >= 11 is 0. The highest BCUT2D eigenvalue weighted by Crippen LogP contribution is 2.27. The van der Waals surface area contributed by atoms with E-state index in [1.165, 1.54) is 0 Å². The minimum Gasteiger partial charge on any atom is -0.451 e. The monoisotopic (exact) mass is 389 g/mol. The van der Waals surface area contributed by atoms with Crippen LogP contribution in [-0.2, 0) is 11.2 Å². The summed E-state index contributed by atoms with van der Waals surface area (Å²) < 4.78 is 5.60. The predicted molar refractivity (Wildman–Crippen MR) is 111 cm³/mol. The van der Waals surface area contributed by atoms with Crippen LogP contribution in [-0.4, -0.2) is 42.9 Å².